The fourth-order valence-electron chi connectivity index (χ4n) is 4.12. The van der Waals surface area contributed by atoms with Gasteiger partial charge in [-0.3, -0.25) is 4.90 Å². The highest BCUT2D eigenvalue weighted by molar-refractivity contribution is 8.00. The van der Waals surface area contributed by atoms with Crippen molar-refractivity contribution < 1.29 is 0 Å². The van der Waals surface area contributed by atoms with Gasteiger partial charge in [0.05, 0.1) is 0 Å². The van der Waals surface area contributed by atoms with E-state index in [-0.39, 0.29) is 0 Å². The lowest BCUT2D eigenvalue weighted by molar-refractivity contribution is 0.108. The molecule has 1 N–H and O–H groups in total. The lowest BCUT2D eigenvalue weighted by Crippen LogP contribution is -2.52. The quantitative estimate of drug-likeness (QED) is 0.833. The van der Waals surface area contributed by atoms with E-state index in [1.54, 1.807) is 0 Å². The van der Waals surface area contributed by atoms with Crippen molar-refractivity contribution in [3.05, 3.63) is 0 Å². The third kappa shape index (κ3) is 2.39. The van der Waals surface area contributed by atoms with Crippen LogP contribution in [-0.4, -0.2) is 47.1 Å². The van der Waals surface area contributed by atoms with Gasteiger partial charge in [-0.2, -0.15) is 11.8 Å². The first kappa shape index (κ1) is 12.3. The topological polar surface area (TPSA) is 15.3 Å². The Morgan fingerprint density at radius 3 is 2.53 bits per heavy atom. The SMILES string of the molecule is CNC1CC2CCC(C1)N2CC1(C)CCCS1. The molecule has 3 fully saturated rings. The van der Waals surface area contributed by atoms with E-state index in [1.807, 2.05) is 0 Å². The largest absolute Gasteiger partial charge is 0.317 e. The molecule has 3 atom stereocenters. The molecule has 2 bridgehead atoms. The third-order valence-corrected chi connectivity index (χ3v) is 6.63. The minimum atomic E-state index is 0.563. The van der Waals surface area contributed by atoms with Gasteiger partial charge in [0.2, 0.25) is 0 Å². The van der Waals surface area contributed by atoms with Crippen molar-refractivity contribution in [2.75, 3.05) is 19.3 Å². The van der Waals surface area contributed by atoms with Crippen LogP contribution in [0.2, 0.25) is 0 Å². The summed E-state index contributed by atoms with van der Waals surface area (Å²) in [7, 11) is 2.13. The van der Waals surface area contributed by atoms with Gasteiger partial charge in [-0.1, -0.05) is 0 Å². The lowest BCUT2D eigenvalue weighted by Gasteiger charge is -2.42. The number of rotatable bonds is 3. The van der Waals surface area contributed by atoms with Gasteiger partial charge in [0, 0.05) is 29.4 Å². The van der Waals surface area contributed by atoms with Crippen LogP contribution < -0.4 is 5.32 Å². The number of fused-ring (bicyclic) bond motifs is 2. The van der Waals surface area contributed by atoms with E-state index >= 15 is 0 Å². The zero-order chi connectivity index (χ0) is 11.9. The van der Waals surface area contributed by atoms with E-state index < -0.39 is 0 Å². The standard InChI is InChI=1S/C14H26N2S/c1-14(6-3-7-17-14)10-16-12-4-5-13(16)9-11(8-12)15-2/h11-13,15H,3-10H2,1-2H3. The number of thioether (sulfide) groups is 1. The zero-order valence-corrected chi connectivity index (χ0v) is 12.1. The molecular weight excluding hydrogens is 228 g/mol. The summed E-state index contributed by atoms with van der Waals surface area (Å²) in [5.74, 6) is 1.39. The Bertz CT molecular complexity index is 261. The van der Waals surface area contributed by atoms with E-state index in [1.165, 1.54) is 50.8 Å². The summed E-state index contributed by atoms with van der Waals surface area (Å²) >= 11 is 2.22. The molecule has 3 rings (SSSR count). The Labute approximate surface area is 110 Å². The first-order valence-corrected chi connectivity index (χ1v) is 8.26. The van der Waals surface area contributed by atoms with Crippen LogP contribution >= 0.6 is 11.8 Å². The Morgan fingerprint density at radius 1 is 1.29 bits per heavy atom. The van der Waals surface area contributed by atoms with Crippen molar-refractivity contribution >= 4 is 11.8 Å². The molecule has 0 spiro atoms. The van der Waals surface area contributed by atoms with Gasteiger partial charge in [-0.05, 0) is 58.2 Å². The van der Waals surface area contributed by atoms with Crippen LogP contribution in [-0.2, 0) is 0 Å². The summed E-state index contributed by atoms with van der Waals surface area (Å²) in [5, 5.41) is 3.50. The van der Waals surface area contributed by atoms with Crippen LogP contribution in [0.1, 0.15) is 45.4 Å². The Kier molecular flexibility index (Phi) is 3.44. The maximum Gasteiger partial charge on any atom is 0.0259 e. The highest BCUT2D eigenvalue weighted by Gasteiger charge is 2.43. The van der Waals surface area contributed by atoms with E-state index in [9.17, 15) is 0 Å². The molecule has 0 radical (unpaired) electrons. The molecule has 3 aliphatic rings. The molecule has 17 heavy (non-hydrogen) atoms. The monoisotopic (exact) mass is 254 g/mol. The van der Waals surface area contributed by atoms with E-state index in [2.05, 4.69) is 35.9 Å². The van der Waals surface area contributed by atoms with Crippen LogP contribution in [0.4, 0.5) is 0 Å². The molecule has 0 aromatic carbocycles. The van der Waals surface area contributed by atoms with Crippen LogP contribution in [0.25, 0.3) is 0 Å². The normalized spacial score (nSPS) is 46.6. The van der Waals surface area contributed by atoms with Gasteiger partial charge in [-0.15, -0.1) is 0 Å². The second kappa shape index (κ2) is 4.75. The van der Waals surface area contributed by atoms with Gasteiger partial charge in [0.25, 0.3) is 0 Å². The number of piperidine rings is 1. The Hall–Kier alpha value is 0.270. The minimum Gasteiger partial charge on any atom is -0.317 e. The minimum absolute atomic E-state index is 0.563. The average Bonchev–Trinajstić information content (AvgIpc) is 2.82. The fraction of sp³-hybridized carbons (Fsp3) is 1.00. The van der Waals surface area contributed by atoms with Gasteiger partial charge in [0.15, 0.2) is 0 Å². The molecule has 0 saturated carbocycles. The molecule has 3 heteroatoms. The molecule has 0 amide bonds. The predicted molar refractivity (Wildman–Crippen MR) is 75.7 cm³/mol. The van der Waals surface area contributed by atoms with Gasteiger partial charge in [-0.25, -0.2) is 0 Å². The molecule has 0 aliphatic carbocycles. The Balaban J connectivity index is 1.65. The van der Waals surface area contributed by atoms with E-state index in [0.29, 0.717) is 4.75 Å². The molecular formula is C14H26N2S. The highest BCUT2D eigenvalue weighted by atomic mass is 32.2. The summed E-state index contributed by atoms with van der Waals surface area (Å²) in [4.78, 5) is 2.87. The van der Waals surface area contributed by atoms with Gasteiger partial charge in [0.1, 0.15) is 0 Å². The number of hydrogen-bond donors (Lipinski definition) is 1. The van der Waals surface area contributed by atoms with Crippen molar-refractivity contribution in [3.63, 3.8) is 0 Å². The van der Waals surface area contributed by atoms with Crippen LogP contribution in [0.15, 0.2) is 0 Å². The van der Waals surface area contributed by atoms with Crippen molar-refractivity contribution in [1.29, 1.82) is 0 Å². The summed E-state index contributed by atoms with van der Waals surface area (Å²) in [6.07, 6.45) is 8.53. The number of nitrogens with one attached hydrogen (secondary N) is 1. The fourth-order valence-corrected chi connectivity index (χ4v) is 5.43. The van der Waals surface area contributed by atoms with Gasteiger partial charge < -0.3 is 5.32 Å². The first-order valence-electron chi connectivity index (χ1n) is 7.27. The molecule has 3 saturated heterocycles. The van der Waals surface area contributed by atoms with Crippen molar-refractivity contribution in [3.8, 4) is 0 Å². The van der Waals surface area contributed by atoms with Gasteiger partial charge >= 0.3 is 0 Å². The van der Waals surface area contributed by atoms with Crippen molar-refractivity contribution in [2.45, 2.75) is 68.3 Å². The molecule has 3 aliphatic heterocycles. The van der Waals surface area contributed by atoms with Crippen LogP contribution in [0, 0.1) is 0 Å². The molecule has 0 aromatic rings. The maximum absolute atomic E-state index is 3.50. The second-order valence-corrected chi connectivity index (χ2v) is 8.10. The molecule has 98 valence electrons. The molecule has 2 nitrogen and oxygen atoms in total. The summed E-state index contributed by atoms with van der Waals surface area (Å²) in [6, 6.07) is 2.54. The first-order chi connectivity index (χ1) is 8.20. The van der Waals surface area contributed by atoms with Crippen molar-refractivity contribution in [2.24, 2.45) is 0 Å². The number of hydrogen-bond acceptors (Lipinski definition) is 3. The molecule has 0 aromatic heterocycles. The van der Waals surface area contributed by atoms with Crippen LogP contribution in [0.5, 0.6) is 0 Å². The van der Waals surface area contributed by atoms with Crippen LogP contribution in [0.3, 0.4) is 0 Å². The molecule has 3 unspecified atom stereocenters. The third-order valence-electron chi connectivity index (χ3n) is 5.11. The van der Waals surface area contributed by atoms with E-state index in [4.69, 9.17) is 0 Å². The number of nitrogens with zero attached hydrogens (tertiary/aromatic N) is 1. The maximum atomic E-state index is 3.50. The predicted octanol–water partition coefficient (Wildman–Crippen LogP) is 2.49. The molecule has 3 heterocycles. The summed E-state index contributed by atoms with van der Waals surface area (Å²) < 4.78 is 0.563. The van der Waals surface area contributed by atoms with Crippen molar-refractivity contribution in [1.82, 2.24) is 10.2 Å². The van der Waals surface area contributed by atoms with E-state index in [0.717, 1.165) is 18.1 Å². The second-order valence-electron chi connectivity index (χ2n) is 6.42. The zero-order valence-electron chi connectivity index (χ0n) is 11.2. The highest BCUT2D eigenvalue weighted by Crippen LogP contribution is 2.43. The lowest BCUT2D eigenvalue weighted by atomic mass is 9.95. The summed E-state index contributed by atoms with van der Waals surface area (Å²) in [6.45, 7) is 3.84. The Morgan fingerprint density at radius 2 is 2.00 bits per heavy atom. The average molecular weight is 254 g/mol. The summed E-state index contributed by atoms with van der Waals surface area (Å²) in [5.41, 5.74) is 0. The smallest absolute Gasteiger partial charge is 0.0259 e.